The van der Waals surface area contributed by atoms with Crippen LogP contribution in [0.1, 0.15) is 18.5 Å². The highest BCUT2D eigenvalue weighted by atomic mass is 16.3. The lowest BCUT2D eigenvalue weighted by Gasteiger charge is -2.07. The fourth-order valence-electron chi connectivity index (χ4n) is 1.67. The van der Waals surface area contributed by atoms with E-state index in [2.05, 4.69) is 5.18 Å². The maximum Gasteiger partial charge on any atom is 0.115 e. The van der Waals surface area contributed by atoms with E-state index >= 15 is 0 Å². The topological polar surface area (TPSA) is 29.4 Å². The van der Waals surface area contributed by atoms with Crippen LogP contribution < -0.4 is 0 Å². The minimum Gasteiger partial charge on any atom is -0.150 e. The minimum atomic E-state index is -0.277. The first-order valence-corrected chi connectivity index (χ1v) is 4.63. The third kappa shape index (κ3) is 1.39. The standard InChI is InChI=1S/C12H11NO/c1-9(13-14)11-8-4-6-10-5-2-3-7-12(10)11/h2-9H,1H3. The zero-order valence-electron chi connectivity index (χ0n) is 7.97. The average molecular weight is 185 g/mol. The highest BCUT2D eigenvalue weighted by Crippen LogP contribution is 2.25. The summed E-state index contributed by atoms with van der Waals surface area (Å²) in [7, 11) is 0. The second kappa shape index (κ2) is 3.58. The second-order valence-corrected chi connectivity index (χ2v) is 3.35. The van der Waals surface area contributed by atoms with E-state index in [0.717, 1.165) is 16.3 Å². The number of benzene rings is 2. The van der Waals surface area contributed by atoms with Crippen LogP contribution in [0.25, 0.3) is 10.8 Å². The maximum atomic E-state index is 10.5. The first-order chi connectivity index (χ1) is 6.83. The van der Waals surface area contributed by atoms with Gasteiger partial charge in [-0.2, -0.15) is 4.91 Å². The molecule has 2 aromatic carbocycles. The molecule has 0 radical (unpaired) electrons. The van der Waals surface area contributed by atoms with Crippen molar-refractivity contribution in [2.75, 3.05) is 0 Å². The normalized spacial score (nSPS) is 12.6. The molecule has 14 heavy (non-hydrogen) atoms. The molecule has 2 nitrogen and oxygen atoms in total. The van der Waals surface area contributed by atoms with E-state index in [1.54, 1.807) is 0 Å². The third-order valence-electron chi connectivity index (χ3n) is 2.43. The van der Waals surface area contributed by atoms with Crippen molar-refractivity contribution < 1.29 is 0 Å². The fraction of sp³-hybridized carbons (Fsp3) is 0.167. The summed E-state index contributed by atoms with van der Waals surface area (Å²) >= 11 is 0. The Kier molecular flexibility index (Phi) is 2.27. The largest absolute Gasteiger partial charge is 0.150 e. The van der Waals surface area contributed by atoms with Crippen LogP contribution in [0.5, 0.6) is 0 Å². The molecule has 2 heteroatoms. The quantitative estimate of drug-likeness (QED) is 0.656. The van der Waals surface area contributed by atoms with Gasteiger partial charge in [0.2, 0.25) is 0 Å². The lowest BCUT2D eigenvalue weighted by atomic mass is 10.0. The van der Waals surface area contributed by atoms with Crippen LogP contribution >= 0.6 is 0 Å². The molecule has 0 saturated heterocycles. The van der Waals surface area contributed by atoms with Crippen LogP contribution in [-0.4, -0.2) is 0 Å². The van der Waals surface area contributed by atoms with Crippen LogP contribution in [0.3, 0.4) is 0 Å². The Hall–Kier alpha value is -1.70. The van der Waals surface area contributed by atoms with E-state index in [9.17, 15) is 4.91 Å². The van der Waals surface area contributed by atoms with Gasteiger partial charge in [0.05, 0.1) is 0 Å². The van der Waals surface area contributed by atoms with Gasteiger partial charge in [0, 0.05) is 0 Å². The van der Waals surface area contributed by atoms with Crippen molar-refractivity contribution in [2.45, 2.75) is 13.0 Å². The lowest BCUT2D eigenvalue weighted by molar-refractivity contribution is 0.820. The predicted octanol–water partition coefficient (Wildman–Crippen LogP) is 3.67. The number of fused-ring (bicyclic) bond motifs is 1. The van der Waals surface area contributed by atoms with Gasteiger partial charge in [-0.05, 0) is 23.3 Å². The van der Waals surface area contributed by atoms with Crippen molar-refractivity contribution in [3.05, 3.63) is 52.9 Å². The lowest BCUT2D eigenvalue weighted by Crippen LogP contribution is -1.89. The molecule has 0 aromatic heterocycles. The number of hydrogen-bond acceptors (Lipinski definition) is 2. The van der Waals surface area contributed by atoms with E-state index < -0.39 is 0 Å². The Balaban J connectivity index is 2.70. The summed E-state index contributed by atoms with van der Waals surface area (Å²) in [4.78, 5) is 10.5. The summed E-state index contributed by atoms with van der Waals surface area (Å²) in [6.45, 7) is 1.81. The maximum absolute atomic E-state index is 10.5. The number of nitrogens with zero attached hydrogens (tertiary/aromatic N) is 1. The van der Waals surface area contributed by atoms with Crippen molar-refractivity contribution in [2.24, 2.45) is 5.18 Å². The predicted molar refractivity (Wildman–Crippen MR) is 58.2 cm³/mol. The van der Waals surface area contributed by atoms with Gasteiger partial charge < -0.3 is 0 Å². The monoisotopic (exact) mass is 185 g/mol. The zero-order chi connectivity index (χ0) is 9.97. The molecule has 1 atom stereocenters. The minimum absolute atomic E-state index is 0.277. The number of hydrogen-bond donors (Lipinski definition) is 0. The first kappa shape index (κ1) is 8.88. The molecule has 0 spiro atoms. The zero-order valence-corrected chi connectivity index (χ0v) is 7.97. The Bertz CT molecular complexity index is 459. The van der Waals surface area contributed by atoms with Gasteiger partial charge in [-0.15, -0.1) is 0 Å². The molecule has 70 valence electrons. The number of nitroso groups, excluding NO2 is 1. The molecular weight excluding hydrogens is 174 g/mol. The van der Waals surface area contributed by atoms with Gasteiger partial charge in [-0.1, -0.05) is 47.6 Å². The molecule has 1 unspecified atom stereocenters. The van der Waals surface area contributed by atoms with Crippen LogP contribution in [-0.2, 0) is 0 Å². The van der Waals surface area contributed by atoms with Gasteiger partial charge in [-0.25, -0.2) is 0 Å². The van der Waals surface area contributed by atoms with E-state index in [0.29, 0.717) is 0 Å². The molecule has 0 saturated carbocycles. The Labute approximate surface area is 82.5 Å². The highest BCUT2D eigenvalue weighted by molar-refractivity contribution is 5.86. The fourth-order valence-corrected chi connectivity index (χ4v) is 1.67. The van der Waals surface area contributed by atoms with E-state index in [-0.39, 0.29) is 6.04 Å². The summed E-state index contributed by atoms with van der Waals surface area (Å²) in [5.41, 5.74) is 0.998. The summed E-state index contributed by atoms with van der Waals surface area (Å²) in [5, 5.41) is 5.33. The Morgan fingerprint density at radius 1 is 1.07 bits per heavy atom. The van der Waals surface area contributed by atoms with Crippen molar-refractivity contribution in [3.8, 4) is 0 Å². The molecule has 0 bridgehead atoms. The molecule has 0 heterocycles. The summed E-state index contributed by atoms with van der Waals surface area (Å²) in [6, 6.07) is 13.7. The van der Waals surface area contributed by atoms with Crippen molar-refractivity contribution in [1.29, 1.82) is 0 Å². The van der Waals surface area contributed by atoms with Gasteiger partial charge in [-0.3, -0.25) is 0 Å². The number of rotatable bonds is 2. The van der Waals surface area contributed by atoms with E-state index in [1.807, 2.05) is 49.4 Å². The van der Waals surface area contributed by atoms with Crippen molar-refractivity contribution >= 4 is 10.8 Å². The van der Waals surface area contributed by atoms with Crippen LogP contribution in [0.2, 0.25) is 0 Å². The molecular formula is C12H11NO. The molecule has 0 aliphatic rings. The van der Waals surface area contributed by atoms with Crippen LogP contribution in [0.4, 0.5) is 0 Å². The smallest absolute Gasteiger partial charge is 0.115 e. The van der Waals surface area contributed by atoms with Gasteiger partial charge in [0.1, 0.15) is 6.04 Å². The molecule has 0 aliphatic heterocycles. The molecule has 0 aliphatic carbocycles. The van der Waals surface area contributed by atoms with Gasteiger partial charge in [0.25, 0.3) is 0 Å². The molecule has 0 fully saturated rings. The first-order valence-electron chi connectivity index (χ1n) is 4.63. The molecule has 0 N–H and O–H groups in total. The van der Waals surface area contributed by atoms with Crippen molar-refractivity contribution in [3.63, 3.8) is 0 Å². The van der Waals surface area contributed by atoms with Gasteiger partial charge in [0.15, 0.2) is 0 Å². The average Bonchev–Trinajstić information content (AvgIpc) is 2.27. The summed E-state index contributed by atoms with van der Waals surface area (Å²) < 4.78 is 0. The molecule has 0 amide bonds. The summed E-state index contributed by atoms with van der Waals surface area (Å²) in [5.74, 6) is 0. The van der Waals surface area contributed by atoms with Crippen molar-refractivity contribution in [1.82, 2.24) is 0 Å². The second-order valence-electron chi connectivity index (χ2n) is 3.35. The Morgan fingerprint density at radius 2 is 1.79 bits per heavy atom. The van der Waals surface area contributed by atoms with Crippen LogP contribution in [0, 0.1) is 4.91 Å². The SMILES string of the molecule is CC(N=O)c1cccc2ccccc12. The Morgan fingerprint density at radius 3 is 2.57 bits per heavy atom. The van der Waals surface area contributed by atoms with E-state index in [1.165, 1.54) is 0 Å². The van der Waals surface area contributed by atoms with Crippen LogP contribution in [0.15, 0.2) is 47.6 Å². The highest BCUT2D eigenvalue weighted by Gasteiger charge is 2.07. The summed E-state index contributed by atoms with van der Waals surface area (Å²) in [6.07, 6.45) is 0. The third-order valence-corrected chi connectivity index (χ3v) is 2.43. The van der Waals surface area contributed by atoms with Gasteiger partial charge >= 0.3 is 0 Å². The molecule has 2 rings (SSSR count). The molecule has 2 aromatic rings. The van der Waals surface area contributed by atoms with E-state index in [4.69, 9.17) is 0 Å².